The Hall–Kier alpha value is -2.58. The van der Waals surface area contributed by atoms with Crippen LogP contribution in [0.5, 0.6) is 5.75 Å². The molecule has 0 aliphatic carbocycles. The Balaban J connectivity index is 1.69. The molecule has 2 nitrogen and oxygen atoms in total. The molecule has 0 unspecified atom stereocenters. The molecule has 2 heteroatoms. The molecule has 26 heavy (non-hydrogen) atoms. The first-order chi connectivity index (χ1) is 12.8. The summed E-state index contributed by atoms with van der Waals surface area (Å²) < 4.78 is 5.31. The van der Waals surface area contributed by atoms with Crippen molar-refractivity contribution in [1.82, 2.24) is 0 Å². The number of hydrogen-bond acceptors (Lipinski definition) is 1. The Morgan fingerprint density at radius 2 is 1.42 bits per heavy atom. The van der Waals surface area contributed by atoms with E-state index in [9.17, 15) is 0 Å². The van der Waals surface area contributed by atoms with Crippen LogP contribution in [0.1, 0.15) is 34.6 Å². The van der Waals surface area contributed by atoms with Gasteiger partial charge in [0.15, 0.2) is 0 Å². The number of ether oxygens (including phenoxy) is 1. The van der Waals surface area contributed by atoms with Gasteiger partial charge < -0.3 is 10.1 Å². The van der Waals surface area contributed by atoms with Crippen LogP contribution in [0, 0.1) is 6.92 Å². The largest absolute Gasteiger partial charge is 0.497 e. The highest BCUT2D eigenvalue weighted by molar-refractivity contribution is 5.36. The average Bonchev–Trinajstić information content (AvgIpc) is 2.70. The summed E-state index contributed by atoms with van der Waals surface area (Å²) in [4.78, 5) is 0. The quantitative estimate of drug-likeness (QED) is 0.605. The number of aryl methyl sites for hydroxylation is 1. The van der Waals surface area contributed by atoms with E-state index in [2.05, 4.69) is 91.1 Å². The van der Waals surface area contributed by atoms with Gasteiger partial charge in [-0.1, -0.05) is 72.3 Å². The molecule has 0 amide bonds. The Morgan fingerprint density at radius 1 is 0.808 bits per heavy atom. The van der Waals surface area contributed by atoms with Crippen LogP contribution < -0.4 is 10.1 Å². The highest BCUT2D eigenvalue weighted by Crippen LogP contribution is 2.29. The summed E-state index contributed by atoms with van der Waals surface area (Å²) in [5.41, 5.74) is 5.42. The summed E-state index contributed by atoms with van der Waals surface area (Å²) >= 11 is 0. The number of nitrogens with two attached hydrogens (primary N) is 1. The maximum Gasteiger partial charge on any atom is 0.118 e. The maximum absolute atomic E-state index is 5.31. The Bertz CT molecular complexity index is 779. The zero-order chi connectivity index (χ0) is 18.2. The first kappa shape index (κ1) is 18.2. The Morgan fingerprint density at radius 3 is 2.04 bits per heavy atom. The van der Waals surface area contributed by atoms with Gasteiger partial charge in [-0.15, -0.1) is 0 Å². The molecule has 0 bridgehead atoms. The first-order valence-electron chi connectivity index (χ1n) is 9.32. The van der Waals surface area contributed by atoms with Crippen molar-refractivity contribution in [2.75, 3.05) is 13.7 Å². The molecule has 2 N–H and O–H groups in total. The number of hydrogen-bond donors (Lipinski definition) is 1. The lowest BCUT2D eigenvalue weighted by Crippen LogP contribution is -2.82. The van der Waals surface area contributed by atoms with Crippen LogP contribution >= 0.6 is 0 Å². The van der Waals surface area contributed by atoms with Gasteiger partial charge >= 0.3 is 0 Å². The topological polar surface area (TPSA) is 25.8 Å². The van der Waals surface area contributed by atoms with Gasteiger partial charge in [0.25, 0.3) is 0 Å². The van der Waals surface area contributed by atoms with Crippen molar-refractivity contribution in [3.8, 4) is 5.75 Å². The van der Waals surface area contributed by atoms with E-state index in [1.165, 1.54) is 22.3 Å². The zero-order valence-electron chi connectivity index (χ0n) is 15.7. The minimum Gasteiger partial charge on any atom is -0.497 e. The summed E-state index contributed by atoms with van der Waals surface area (Å²) in [6.07, 6.45) is 1.11. The fraction of sp³-hybridized carbons (Fsp3) is 0.250. The fourth-order valence-electron chi connectivity index (χ4n) is 3.33. The molecule has 0 fully saturated rings. The van der Waals surface area contributed by atoms with Crippen LogP contribution in [-0.4, -0.2) is 13.7 Å². The third kappa shape index (κ3) is 4.96. The van der Waals surface area contributed by atoms with Crippen molar-refractivity contribution in [2.45, 2.75) is 25.8 Å². The second-order valence-corrected chi connectivity index (χ2v) is 6.79. The summed E-state index contributed by atoms with van der Waals surface area (Å²) in [6.45, 7) is 4.27. The molecule has 1 atom stereocenters. The van der Waals surface area contributed by atoms with E-state index in [-0.39, 0.29) is 0 Å². The van der Waals surface area contributed by atoms with Gasteiger partial charge in [0, 0.05) is 17.9 Å². The van der Waals surface area contributed by atoms with Crippen molar-refractivity contribution in [2.24, 2.45) is 0 Å². The summed E-state index contributed by atoms with van der Waals surface area (Å²) in [5, 5.41) is 2.40. The van der Waals surface area contributed by atoms with Crippen LogP contribution in [0.3, 0.4) is 0 Å². The monoisotopic (exact) mass is 346 g/mol. The van der Waals surface area contributed by atoms with Gasteiger partial charge in [-0.25, -0.2) is 0 Å². The average molecular weight is 346 g/mol. The second kappa shape index (κ2) is 9.21. The minimum absolute atomic E-state index is 0.411. The summed E-state index contributed by atoms with van der Waals surface area (Å²) in [6, 6.07) is 28.1. The standard InChI is InChI=1S/C24H27NO/c1-19-8-10-21(11-9-19)24(22-12-14-23(26-2)15-13-22)16-17-25-18-20-6-4-3-5-7-20/h3-15,24-25H,16-18H2,1-2H3/p+1/t24-/m1/s1. The molecule has 0 aliphatic heterocycles. The van der Waals surface area contributed by atoms with Crippen LogP contribution in [0.15, 0.2) is 78.9 Å². The third-order valence-corrected chi connectivity index (χ3v) is 4.88. The van der Waals surface area contributed by atoms with Gasteiger partial charge in [-0.3, -0.25) is 0 Å². The van der Waals surface area contributed by atoms with E-state index in [0.29, 0.717) is 5.92 Å². The molecule has 0 saturated carbocycles. The van der Waals surface area contributed by atoms with Crippen LogP contribution in [-0.2, 0) is 6.54 Å². The van der Waals surface area contributed by atoms with Gasteiger partial charge in [0.05, 0.1) is 13.7 Å². The molecule has 0 spiro atoms. The van der Waals surface area contributed by atoms with Crippen molar-refractivity contribution in [3.05, 3.63) is 101 Å². The van der Waals surface area contributed by atoms with E-state index >= 15 is 0 Å². The van der Waals surface area contributed by atoms with Crippen molar-refractivity contribution >= 4 is 0 Å². The SMILES string of the molecule is COc1ccc([C@H](CC[NH2+]Cc2ccccc2)c2ccc(C)cc2)cc1. The molecule has 0 aromatic heterocycles. The van der Waals surface area contributed by atoms with Crippen LogP contribution in [0.25, 0.3) is 0 Å². The van der Waals surface area contributed by atoms with Gasteiger partial charge in [0.2, 0.25) is 0 Å². The highest BCUT2D eigenvalue weighted by atomic mass is 16.5. The summed E-state index contributed by atoms with van der Waals surface area (Å²) in [7, 11) is 1.71. The molecule has 134 valence electrons. The third-order valence-electron chi connectivity index (χ3n) is 4.88. The lowest BCUT2D eigenvalue weighted by atomic mass is 9.88. The van der Waals surface area contributed by atoms with Gasteiger partial charge in [-0.05, 0) is 30.2 Å². The van der Waals surface area contributed by atoms with Gasteiger partial charge in [-0.2, -0.15) is 0 Å². The number of benzene rings is 3. The van der Waals surface area contributed by atoms with Gasteiger partial charge in [0.1, 0.15) is 12.3 Å². The summed E-state index contributed by atoms with van der Waals surface area (Å²) in [5.74, 6) is 1.32. The molecule has 3 aromatic rings. The van der Waals surface area contributed by atoms with E-state index in [1.807, 2.05) is 0 Å². The lowest BCUT2D eigenvalue weighted by Gasteiger charge is -2.18. The number of quaternary nitrogens is 1. The molecular formula is C24H28NO+. The normalized spacial score (nSPS) is 11.9. The van der Waals surface area contributed by atoms with Crippen molar-refractivity contribution < 1.29 is 10.1 Å². The van der Waals surface area contributed by atoms with Crippen LogP contribution in [0.4, 0.5) is 0 Å². The molecule has 0 heterocycles. The molecule has 0 saturated heterocycles. The Kier molecular flexibility index (Phi) is 6.45. The predicted octanol–water partition coefficient (Wildman–Crippen LogP) is 4.29. The second-order valence-electron chi connectivity index (χ2n) is 6.79. The van der Waals surface area contributed by atoms with E-state index in [0.717, 1.165) is 25.3 Å². The van der Waals surface area contributed by atoms with Crippen molar-refractivity contribution in [3.63, 3.8) is 0 Å². The van der Waals surface area contributed by atoms with Crippen LogP contribution in [0.2, 0.25) is 0 Å². The molecule has 3 aromatic carbocycles. The van der Waals surface area contributed by atoms with E-state index in [4.69, 9.17) is 4.74 Å². The highest BCUT2D eigenvalue weighted by Gasteiger charge is 2.15. The Labute approximate surface area is 156 Å². The number of rotatable bonds is 8. The molecule has 0 aliphatic rings. The predicted molar refractivity (Wildman–Crippen MR) is 108 cm³/mol. The maximum atomic E-state index is 5.31. The molecule has 3 rings (SSSR count). The smallest absolute Gasteiger partial charge is 0.118 e. The fourth-order valence-corrected chi connectivity index (χ4v) is 3.33. The molecule has 0 radical (unpaired) electrons. The van der Waals surface area contributed by atoms with E-state index < -0.39 is 0 Å². The lowest BCUT2D eigenvalue weighted by molar-refractivity contribution is -0.671. The number of methoxy groups -OCH3 is 1. The minimum atomic E-state index is 0.411. The molecular weight excluding hydrogens is 318 g/mol. The van der Waals surface area contributed by atoms with E-state index in [1.54, 1.807) is 7.11 Å². The first-order valence-corrected chi connectivity index (χ1v) is 9.32. The van der Waals surface area contributed by atoms with Crippen molar-refractivity contribution in [1.29, 1.82) is 0 Å². The zero-order valence-corrected chi connectivity index (χ0v) is 15.7.